The Bertz CT molecular complexity index is 470. The van der Waals surface area contributed by atoms with Gasteiger partial charge in [-0.25, -0.2) is 4.79 Å². The van der Waals surface area contributed by atoms with Gasteiger partial charge in [-0.3, -0.25) is 4.90 Å². The van der Waals surface area contributed by atoms with Crippen molar-refractivity contribution >= 4 is 17.3 Å². The van der Waals surface area contributed by atoms with Crippen LogP contribution in [0.4, 0.5) is 11.4 Å². The molecule has 0 spiro atoms. The van der Waals surface area contributed by atoms with Crippen LogP contribution in [0.2, 0.25) is 0 Å². The summed E-state index contributed by atoms with van der Waals surface area (Å²) in [5, 5.41) is 12.4. The molecule has 0 saturated carbocycles. The van der Waals surface area contributed by atoms with Crippen molar-refractivity contribution in [3.63, 3.8) is 0 Å². The minimum atomic E-state index is -0.953. The Morgan fingerprint density at radius 2 is 2.10 bits per heavy atom. The molecule has 0 amide bonds. The zero-order valence-corrected chi connectivity index (χ0v) is 11.9. The third-order valence-electron chi connectivity index (χ3n) is 3.92. The van der Waals surface area contributed by atoms with E-state index in [1.54, 1.807) is 18.2 Å². The van der Waals surface area contributed by atoms with Crippen LogP contribution >= 0.6 is 0 Å². The second kappa shape index (κ2) is 6.61. The molecule has 1 atom stereocenters. The third kappa shape index (κ3) is 3.42. The Morgan fingerprint density at radius 3 is 2.75 bits per heavy atom. The lowest BCUT2D eigenvalue weighted by Gasteiger charge is -2.32. The van der Waals surface area contributed by atoms with E-state index in [9.17, 15) is 9.90 Å². The van der Waals surface area contributed by atoms with Crippen LogP contribution in [0.3, 0.4) is 0 Å². The van der Waals surface area contributed by atoms with Crippen LogP contribution < -0.4 is 11.1 Å². The van der Waals surface area contributed by atoms with E-state index >= 15 is 0 Å². The molecule has 20 heavy (non-hydrogen) atoms. The first-order valence-electron chi connectivity index (χ1n) is 7.19. The summed E-state index contributed by atoms with van der Waals surface area (Å²) in [6.45, 7) is 5.12. The first-order chi connectivity index (χ1) is 9.59. The van der Waals surface area contributed by atoms with E-state index in [1.165, 1.54) is 19.3 Å². The largest absolute Gasteiger partial charge is 0.478 e. The average molecular weight is 277 g/mol. The highest BCUT2D eigenvalue weighted by Gasteiger charge is 2.18. The van der Waals surface area contributed by atoms with Gasteiger partial charge in [-0.15, -0.1) is 0 Å². The molecular formula is C15H23N3O2. The van der Waals surface area contributed by atoms with Crippen LogP contribution in [0.5, 0.6) is 0 Å². The van der Waals surface area contributed by atoms with Gasteiger partial charge in [-0.2, -0.15) is 0 Å². The maximum atomic E-state index is 11.2. The summed E-state index contributed by atoms with van der Waals surface area (Å²) < 4.78 is 0. The lowest BCUT2D eigenvalue weighted by atomic mass is 10.1. The minimum absolute atomic E-state index is 0.232. The molecule has 0 aromatic heterocycles. The normalized spacial score (nSPS) is 17.6. The highest BCUT2D eigenvalue weighted by atomic mass is 16.4. The SMILES string of the molecule is CC(CNc1c(N)cccc1C(=O)O)N1CCCCC1. The number of nitrogens with one attached hydrogen (secondary N) is 1. The number of nitrogens with zero attached hydrogens (tertiary/aromatic N) is 1. The van der Waals surface area contributed by atoms with Gasteiger partial charge in [0.05, 0.1) is 16.9 Å². The van der Waals surface area contributed by atoms with E-state index in [2.05, 4.69) is 17.1 Å². The van der Waals surface area contributed by atoms with Gasteiger partial charge in [-0.05, 0) is 45.0 Å². The van der Waals surface area contributed by atoms with Crippen LogP contribution in [0.25, 0.3) is 0 Å². The summed E-state index contributed by atoms with van der Waals surface area (Å²) in [7, 11) is 0. The molecule has 0 radical (unpaired) electrons. The van der Waals surface area contributed by atoms with Crippen LogP contribution in [0, 0.1) is 0 Å². The van der Waals surface area contributed by atoms with E-state index in [4.69, 9.17) is 5.73 Å². The second-order valence-electron chi connectivity index (χ2n) is 5.40. The molecule has 0 bridgehead atoms. The summed E-state index contributed by atoms with van der Waals surface area (Å²) in [5.74, 6) is -0.953. The number of nitrogens with two attached hydrogens (primary N) is 1. The molecule has 1 aliphatic rings. The molecular weight excluding hydrogens is 254 g/mol. The molecule has 110 valence electrons. The topological polar surface area (TPSA) is 78.6 Å². The fourth-order valence-electron chi connectivity index (χ4n) is 2.68. The molecule has 1 aromatic carbocycles. The van der Waals surface area contributed by atoms with Crippen LogP contribution in [0.1, 0.15) is 36.5 Å². The first kappa shape index (κ1) is 14.7. The minimum Gasteiger partial charge on any atom is -0.478 e. The third-order valence-corrected chi connectivity index (χ3v) is 3.92. The molecule has 1 saturated heterocycles. The monoisotopic (exact) mass is 277 g/mol. The molecule has 1 heterocycles. The van der Waals surface area contributed by atoms with Crippen LogP contribution in [-0.2, 0) is 0 Å². The summed E-state index contributed by atoms with van der Waals surface area (Å²) >= 11 is 0. The second-order valence-corrected chi connectivity index (χ2v) is 5.40. The first-order valence-corrected chi connectivity index (χ1v) is 7.19. The standard InChI is InChI=1S/C15H23N3O2/c1-11(18-8-3-2-4-9-18)10-17-14-12(15(19)20)6-5-7-13(14)16/h5-7,11,17H,2-4,8-10,16H2,1H3,(H,19,20). The summed E-state index contributed by atoms with van der Waals surface area (Å²) in [5.41, 5.74) is 7.13. The molecule has 5 heteroatoms. The molecule has 1 unspecified atom stereocenters. The number of rotatable bonds is 5. The van der Waals surface area contributed by atoms with Gasteiger partial charge in [0.25, 0.3) is 0 Å². The van der Waals surface area contributed by atoms with Crippen molar-refractivity contribution in [1.82, 2.24) is 4.90 Å². The Hall–Kier alpha value is -1.75. The van der Waals surface area contributed by atoms with Gasteiger partial charge in [0.1, 0.15) is 0 Å². The fourth-order valence-corrected chi connectivity index (χ4v) is 2.68. The van der Waals surface area contributed by atoms with Gasteiger partial charge >= 0.3 is 5.97 Å². The number of para-hydroxylation sites is 1. The number of carboxylic acids is 1. The number of aromatic carboxylic acids is 1. The highest BCUT2D eigenvalue weighted by molar-refractivity contribution is 5.97. The predicted molar refractivity (Wildman–Crippen MR) is 81.2 cm³/mol. The highest BCUT2D eigenvalue weighted by Crippen LogP contribution is 2.24. The van der Waals surface area contributed by atoms with Crippen molar-refractivity contribution in [1.29, 1.82) is 0 Å². The lowest BCUT2D eigenvalue weighted by molar-refractivity contribution is 0.0698. The number of carboxylic acid groups (broad SMARTS) is 1. The molecule has 1 aliphatic heterocycles. The number of hydrogen-bond donors (Lipinski definition) is 3. The predicted octanol–water partition coefficient (Wildman–Crippen LogP) is 2.25. The molecule has 1 aromatic rings. The van der Waals surface area contributed by atoms with Crippen LogP contribution in [-0.4, -0.2) is 41.7 Å². The number of anilines is 2. The summed E-state index contributed by atoms with van der Waals surface area (Å²) in [4.78, 5) is 13.7. The Kier molecular flexibility index (Phi) is 4.84. The van der Waals surface area contributed by atoms with Crippen molar-refractivity contribution in [3.05, 3.63) is 23.8 Å². The maximum Gasteiger partial charge on any atom is 0.337 e. The molecule has 2 rings (SSSR count). The van der Waals surface area contributed by atoms with E-state index in [0.717, 1.165) is 13.1 Å². The van der Waals surface area contributed by atoms with E-state index < -0.39 is 5.97 Å². The van der Waals surface area contributed by atoms with E-state index in [0.29, 0.717) is 24.0 Å². The zero-order chi connectivity index (χ0) is 14.5. The number of hydrogen-bond acceptors (Lipinski definition) is 4. The van der Waals surface area contributed by atoms with Crippen molar-refractivity contribution in [2.75, 3.05) is 30.7 Å². The van der Waals surface area contributed by atoms with Gasteiger partial charge in [0.2, 0.25) is 0 Å². The molecule has 5 nitrogen and oxygen atoms in total. The van der Waals surface area contributed by atoms with Crippen molar-refractivity contribution in [2.45, 2.75) is 32.2 Å². The lowest BCUT2D eigenvalue weighted by Crippen LogP contribution is -2.41. The number of likely N-dealkylation sites (tertiary alicyclic amines) is 1. The number of benzene rings is 1. The number of carbonyl (C=O) groups is 1. The van der Waals surface area contributed by atoms with Crippen molar-refractivity contribution < 1.29 is 9.90 Å². The quantitative estimate of drug-likeness (QED) is 0.719. The number of piperidine rings is 1. The van der Waals surface area contributed by atoms with Crippen molar-refractivity contribution in [2.24, 2.45) is 0 Å². The van der Waals surface area contributed by atoms with Crippen molar-refractivity contribution in [3.8, 4) is 0 Å². The Labute approximate surface area is 119 Å². The fraction of sp³-hybridized carbons (Fsp3) is 0.533. The van der Waals surface area contributed by atoms with E-state index in [1.807, 2.05) is 0 Å². The molecule has 4 N–H and O–H groups in total. The Balaban J connectivity index is 2.01. The Morgan fingerprint density at radius 1 is 1.40 bits per heavy atom. The average Bonchev–Trinajstić information content (AvgIpc) is 2.46. The smallest absolute Gasteiger partial charge is 0.337 e. The van der Waals surface area contributed by atoms with E-state index in [-0.39, 0.29) is 5.56 Å². The maximum absolute atomic E-state index is 11.2. The van der Waals surface area contributed by atoms with Gasteiger partial charge in [0, 0.05) is 12.6 Å². The summed E-state index contributed by atoms with van der Waals surface area (Å²) in [6, 6.07) is 5.34. The number of nitrogen functional groups attached to an aromatic ring is 1. The van der Waals surface area contributed by atoms with Crippen LogP contribution in [0.15, 0.2) is 18.2 Å². The van der Waals surface area contributed by atoms with Gasteiger partial charge < -0.3 is 16.2 Å². The van der Waals surface area contributed by atoms with Gasteiger partial charge in [0.15, 0.2) is 0 Å². The molecule has 0 aliphatic carbocycles. The zero-order valence-electron chi connectivity index (χ0n) is 11.9. The summed E-state index contributed by atoms with van der Waals surface area (Å²) in [6.07, 6.45) is 3.81. The molecule has 1 fully saturated rings. The van der Waals surface area contributed by atoms with Gasteiger partial charge in [-0.1, -0.05) is 12.5 Å².